The summed E-state index contributed by atoms with van der Waals surface area (Å²) in [6.07, 6.45) is 0. The third-order valence-electron chi connectivity index (χ3n) is 3.52. The van der Waals surface area contributed by atoms with Gasteiger partial charge in [-0.1, -0.05) is 0 Å². The minimum atomic E-state index is -0.999. The first kappa shape index (κ1) is 15.8. The van der Waals surface area contributed by atoms with Crippen molar-refractivity contribution in [3.8, 4) is 0 Å². The maximum atomic E-state index is 11.0. The van der Waals surface area contributed by atoms with Gasteiger partial charge < -0.3 is 24.7 Å². The number of fused-ring (bicyclic) bond motifs is 3. The number of carboxylic acid groups (broad SMARTS) is 2. The molecule has 0 radical (unpaired) electrons. The molecule has 0 fully saturated rings. The molecule has 7 heteroatoms. The Hall–Kier alpha value is -3.06. The number of aliphatic carboxylic acids is 1. The zero-order valence-corrected chi connectivity index (χ0v) is 12.6. The predicted octanol–water partition coefficient (Wildman–Crippen LogP) is 2.80. The number of nitrogens with one attached hydrogen (secondary N) is 1. The lowest BCUT2D eigenvalue weighted by Gasteiger charge is -2.06. The minimum absolute atomic E-state index is 0.176. The lowest BCUT2D eigenvalue weighted by atomic mass is 10.1. The maximum absolute atomic E-state index is 11.0. The SMILES string of the molecule is O=C(O)COCCNc1ccc2oc3cc(C(=O)O)ccc3c2c1. The second-order valence-electron chi connectivity index (χ2n) is 5.20. The van der Waals surface area contributed by atoms with Crippen LogP contribution in [-0.2, 0) is 9.53 Å². The van der Waals surface area contributed by atoms with E-state index in [4.69, 9.17) is 19.4 Å². The van der Waals surface area contributed by atoms with Crippen LogP contribution in [0.25, 0.3) is 21.9 Å². The van der Waals surface area contributed by atoms with Crippen molar-refractivity contribution in [1.29, 1.82) is 0 Å². The normalized spacial score (nSPS) is 11.0. The Balaban J connectivity index is 1.78. The Morgan fingerprint density at radius 1 is 1.04 bits per heavy atom. The molecule has 124 valence electrons. The first-order valence-corrected chi connectivity index (χ1v) is 7.27. The minimum Gasteiger partial charge on any atom is -0.480 e. The van der Waals surface area contributed by atoms with E-state index in [1.54, 1.807) is 18.2 Å². The van der Waals surface area contributed by atoms with E-state index in [1.165, 1.54) is 6.07 Å². The molecule has 2 aromatic carbocycles. The highest BCUT2D eigenvalue weighted by Crippen LogP contribution is 2.31. The zero-order valence-electron chi connectivity index (χ0n) is 12.6. The van der Waals surface area contributed by atoms with Gasteiger partial charge in [-0.05, 0) is 36.4 Å². The van der Waals surface area contributed by atoms with Crippen LogP contribution < -0.4 is 5.32 Å². The summed E-state index contributed by atoms with van der Waals surface area (Å²) in [6.45, 7) is 0.426. The number of anilines is 1. The lowest BCUT2D eigenvalue weighted by molar-refractivity contribution is -0.142. The van der Waals surface area contributed by atoms with Crippen molar-refractivity contribution in [3.63, 3.8) is 0 Å². The second-order valence-corrected chi connectivity index (χ2v) is 5.20. The molecular weight excluding hydrogens is 314 g/mol. The largest absolute Gasteiger partial charge is 0.480 e. The second kappa shape index (κ2) is 6.59. The van der Waals surface area contributed by atoms with Gasteiger partial charge in [0.25, 0.3) is 0 Å². The van der Waals surface area contributed by atoms with Crippen molar-refractivity contribution in [2.24, 2.45) is 0 Å². The number of furan rings is 1. The van der Waals surface area contributed by atoms with E-state index in [9.17, 15) is 9.59 Å². The van der Waals surface area contributed by atoms with Gasteiger partial charge in [0.15, 0.2) is 0 Å². The fraction of sp³-hybridized carbons (Fsp3) is 0.176. The molecule has 0 amide bonds. The summed E-state index contributed by atoms with van der Waals surface area (Å²) >= 11 is 0. The highest BCUT2D eigenvalue weighted by atomic mass is 16.5. The Kier molecular flexibility index (Phi) is 4.35. The summed E-state index contributed by atoms with van der Waals surface area (Å²) < 4.78 is 10.6. The van der Waals surface area contributed by atoms with Crippen molar-refractivity contribution >= 4 is 39.6 Å². The van der Waals surface area contributed by atoms with Crippen molar-refractivity contribution in [2.45, 2.75) is 0 Å². The number of carbonyl (C=O) groups is 2. The number of ether oxygens (including phenoxy) is 1. The van der Waals surface area contributed by atoms with Gasteiger partial charge >= 0.3 is 11.9 Å². The highest BCUT2D eigenvalue weighted by Gasteiger charge is 2.11. The molecule has 1 heterocycles. The average Bonchev–Trinajstić information content (AvgIpc) is 2.91. The average molecular weight is 329 g/mol. The third-order valence-corrected chi connectivity index (χ3v) is 3.52. The van der Waals surface area contributed by atoms with Crippen LogP contribution in [0.1, 0.15) is 10.4 Å². The summed E-state index contributed by atoms with van der Waals surface area (Å²) in [7, 11) is 0. The van der Waals surface area contributed by atoms with Gasteiger partial charge in [-0.25, -0.2) is 9.59 Å². The fourth-order valence-electron chi connectivity index (χ4n) is 2.45. The van der Waals surface area contributed by atoms with Gasteiger partial charge in [0, 0.05) is 23.0 Å². The van der Waals surface area contributed by atoms with Gasteiger partial charge in [-0.3, -0.25) is 0 Å². The van der Waals surface area contributed by atoms with Gasteiger partial charge in [-0.15, -0.1) is 0 Å². The Morgan fingerprint density at radius 3 is 2.62 bits per heavy atom. The van der Waals surface area contributed by atoms with Gasteiger partial charge in [0.05, 0.1) is 12.2 Å². The van der Waals surface area contributed by atoms with E-state index in [1.807, 2.05) is 12.1 Å². The number of aromatic carboxylic acids is 1. The van der Waals surface area contributed by atoms with Crippen LogP contribution in [0.3, 0.4) is 0 Å². The molecule has 0 atom stereocenters. The van der Waals surface area contributed by atoms with Crippen LogP contribution in [-0.4, -0.2) is 41.9 Å². The van der Waals surface area contributed by atoms with Crippen LogP contribution in [0.15, 0.2) is 40.8 Å². The third kappa shape index (κ3) is 3.31. The zero-order chi connectivity index (χ0) is 17.1. The summed E-state index contributed by atoms with van der Waals surface area (Å²) in [4.78, 5) is 21.4. The number of rotatable bonds is 7. The molecule has 0 unspecified atom stereocenters. The van der Waals surface area contributed by atoms with Crippen molar-refractivity contribution < 1.29 is 29.0 Å². The van der Waals surface area contributed by atoms with Crippen molar-refractivity contribution in [2.75, 3.05) is 25.1 Å². The molecule has 3 aromatic rings. The van der Waals surface area contributed by atoms with E-state index in [0.717, 1.165) is 16.5 Å². The molecule has 0 aliphatic carbocycles. The van der Waals surface area contributed by atoms with Crippen LogP contribution >= 0.6 is 0 Å². The van der Waals surface area contributed by atoms with Crippen LogP contribution in [0.2, 0.25) is 0 Å². The van der Waals surface area contributed by atoms with Crippen LogP contribution in [0.4, 0.5) is 5.69 Å². The molecule has 24 heavy (non-hydrogen) atoms. The molecule has 0 bridgehead atoms. The molecule has 0 saturated heterocycles. The smallest absolute Gasteiger partial charge is 0.335 e. The molecule has 3 rings (SSSR count). The molecule has 7 nitrogen and oxygen atoms in total. The predicted molar refractivity (Wildman–Crippen MR) is 87.6 cm³/mol. The van der Waals surface area contributed by atoms with Gasteiger partial charge in [0.2, 0.25) is 0 Å². The Bertz CT molecular complexity index is 914. The maximum Gasteiger partial charge on any atom is 0.335 e. The van der Waals surface area contributed by atoms with Crippen molar-refractivity contribution in [1.82, 2.24) is 0 Å². The van der Waals surface area contributed by atoms with E-state index in [0.29, 0.717) is 17.7 Å². The van der Waals surface area contributed by atoms with Crippen LogP contribution in [0, 0.1) is 0 Å². The number of hydrogen-bond acceptors (Lipinski definition) is 5. The molecular formula is C17H15NO6. The van der Waals surface area contributed by atoms with Gasteiger partial charge in [0.1, 0.15) is 17.8 Å². The van der Waals surface area contributed by atoms with E-state index >= 15 is 0 Å². The summed E-state index contributed by atoms with van der Waals surface area (Å²) in [6, 6.07) is 10.3. The number of hydrogen-bond donors (Lipinski definition) is 3. The Morgan fingerprint density at radius 2 is 1.88 bits per heavy atom. The van der Waals surface area contributed by atoms with Crippen molar-refractivity contribution in [3.05, 3.63) is 42.0 Å². The quantitative estimate of drug-likeness (QED) is 0.572. The number of carboxylic acids is 2. The summed E-state index contributed by atoms with van der Waals surface area (Å²) in [5.41, 5.74) is 2.20. The molecule has 1 aromatic heterocycles. The summed E-state index contributed by atoms with van der Waals surface area (Å²) in [5, 5.41) is 22.4. The lowest BCUT2D eigenvalue weighted by Crippen LogP contribution is -2.13. The molecule has 3 N–H and O–H groups in total. The Labute approximate surface area is 136 Å². The molecule has 0 aliphatic heterocycles. The van der Waals surface area contributed by atoms with E-state index in [2.05, 4.69) is 5.32 Å². The first-order chi connectivity index (χ1) is 11.5. The van der Waals surface area contributed by atoms with Crippen LogP contribution in [0.5, 0.6) is 0 Å². The van der Waals surface area contributed by atoms with Gasteiger partial charge in [-0.2, -0.15) is 0 Å². The molecule has 0 spiro atoms. The first-order valence-electron chi connectivity index (χ1n) is 7.27. The topological polar surface area (TPSA) is 109 Å². The summed E-state index contributed by atoms with van der Waals surface area (Å²) in [5.74, 6) is -2.00. The fourth-order valence-corrected chi connectivity index (χ4v) is 2.45. The number of benzene rings is 2. The highest BCUT2D eigenvalue weighted by molar-refractivity contribution is 6.07. The van der Waals surface area contributed by atoms with E-state index in [-0.39, 0.29) is 18.8 Å². The molecule has 0 saturated carbocycles. The van der Waals surface area contributed by atoms with E-state index < -0.39 is 11.9 Å². The standard InChI is InChI=1S/C17H15NO6/c19-16(20)9-23-6-5-18-11-2-4-14-13(8-11)12-3-1-10(17(21)22)7-15(12)24-14/h1-4,7-8,18H,5-6,9H2,(H,19,20)(H,21,22). The molecule has 0 aliphatic rings. The monoisotopic (exact) mass is 329 g/mol.